The van der Waals surface area contributed by atoms with Crippen molar-refractivity contribution < 1.29 is 0 Å². The molecule has 0 radical (unpaired) electrons. The smallest absolute Gasteiger partial charge is 0.0396 e. The van der Waals surface area contributed by atoms with Crippen LogP contribution in [0.3, 0.4) is 0 Å². The van der Waals surface area contributed by atoms with Gasteiger partial charge >= 0.3 is 0 Å². The van der Waals surface area contributed by atoms with Crippen LogP contribution in [0.5, 0.6) is 0 Å². The lowest BCUT2D eigenvalue weighted by atomic mass is 9.80. The molecular formula is C35H22S. The Balaban J connectivity index is 1.43. The third-order valence-corrected chi connectivity index (χ3v) is 8.93. The summed E-state index contributed by atoms with van der Waals surface area (Å²) < 4.78 is 0. The standard InChI is InChI=1S/C35H22S/c1-2-8-22-16-18-29-30(26(22)12-3-1)20-24-9-4-5-13-27(24)34(29)25-17-19-32-31(21-25)28-14-6-10-23-11-7-15-33(36-32)35(23)28/h2,4-9,11,13-21,23H,1,10H2. The van der Waals surface area contributed by atoms with E-state index in [0.29, 0.717) is 5.92 Å². The quantitative estimate of drug-likeness (QED) is 0.196. The lowest BCUT2D eigenvalue weighted by Crippen LogP contribution is -2.13. The van der Waals surface area contributed by atoms with E-state index in [0.717, 1.165) is 18.4 Å². The molecule has 36 heavy (non-hydrogen) atoms. The Morgan fingerprint density at radius 2 is 1.83 bits per heavy atom. The predicted octanol–water partition coefficient (Wildman–Crippen LogP) is 9.32. The SMILES string of the molecule is C1#Cc2c(ccc3c(-c4ccc5c(c4)C4=C6C(=CC=CC6CC=C4)S5)c4ccccc4cc23)C=CC1. The summed E-state index contributed by atoms with van der Waals surface area (Å²) in [5.74, 6) is 7.30. The van der Waals surface area contributed by atoms with E-state index in [-0.39, 0.29) is 0 Å². The average Bonchev–Trinajstić information content (AvgIpc) is 3.18. The molecule has 0 saturated carbocycles. The Kier molecular flexibility index (Phi) is 4.36. The molecule has 1 atom stereocenters. The maximum atomic E-state index is 3.48. The van der Waals surface area contributed by atoms with Crippen LogP contribution in [-0.4, -0.2) is 0 Å². The lowest BCUT2D eigenvalue weighted by molar-refractivity contribution is 0.779. The van der Waals surface area contributed by atoms with Gasteiger partial charge in [0.25, 0.3) is 0 Å². The van der Waals surface area contributed by atoms with Gasteiger partial charge in [-0.05, 0) is 85.6 Å². The fourth-order valence-corrected chi connectivity index (χ4v) is 7.32. The van der Waals surface area contributed by atoms with Crippen molar-refractivity contribution in [3.05, 3.63) is 124 Å². The van der Waals surface area contributed by atoms with E-state index in [1.807, 2.05) is 11.8 Å². The van der Waals surface area contributed by atoms with Crippen LogP contribution in [0.25, 0.3) is 44.3 Å². The lowest BCUT2D eigenvalue weighted by Gasteiger charge is -2.32. The summed E-state index contributed by atoms with van der Waals surface area (Å²) in [5, 5.41) is 5.07. The minimum absolute atomic E-state index is 0.495. The highest BCUT2D eigenvalue weighted by Gasteiger charge is 2.30. The molecule has 168 valence electrons. The van der Waals surface area contributed by atoms with E-state index in [1.54, 1.807) is 0 Å². The number of thioether (sulfide) groups is 1. The minimum Gasteiger partial charge on any atom is -0.0937 e. The molecular weight excluding hydrogens is 452 g/mol. The van der Waals surface area contributed by atoms with Crippen LogP contribution in [0.15, 0.2) is 112 Å². The summed E-state index contributed by atoms with van der Waals surface area (Å²) in [5.41, 5.74) is 9.20. The van der Waals surface area contributed by atoms with Crippen molar-refractivity contribution in [2.24, 2.45) is 5.92 Å². The largest absolute Gasteiger partial charge is 0.0937 e. The van der Waals surface area contributed by atoms with Gasteiger partial charge in [-0.15, -0.1) is 0 Å². The van der Waals surface area contributed by atoms with Crippen molar-refractivity contribution in [2.45, 2.75) is 17.7 Å². The minimum atomic E-state index is 0.495. The van der Waals surface area contributed by atoms with E-state index in [9.17, 15) is 0 Å². The highest BCUT2D eigenvalue weighted by atomic mass is 32.2. The van der Waals surface area contributed by atoms with Gasteiger partial charge in [-0.1, -0.05) is 103 Å². The van der Waals surface area contributed by atoms with Crippen molar-refractivity contribution >= 4 is 45.0 Å². The second kappa shape index (κ2) is 7.76. The van der Waals surface area contributed by atoms with Gasteiger partial charge in [0.15, 0.2) is 0 Å². The zero-order valence-corrected chi connectivity index (χ0v) is 20.5. The molecule has 1 heteroatoms. The first-order valence-corrected chi connectivity index (χ1v) is 13.4. The van der Waals surface area contributed by atoms with Gasteiger partial charge in [-0.3, -0.25) is 0 Å². The van der Waals surface area contributed by atoms with Crippen LogP contribution in [0, 0.1) is 17.8 Å². The van der Waals surface area contributed by atoms with Crippen LogP contribution >= 0.6 is 11.8 Å². The molecule has 1 heterocycles. The normalized spacial score (nSPS) is 18.8. The molecule has 8 rings (SSSR count). The molecule has 1 unspecified atom stereocenters. The second-order valence-electron chi connectivity index (χ2n) is 9.81. The zero-order chi connectivity index (χ0) is 23.6. The molecule has 1 aliphatic heterocycles. The number of benzene rings is 4. The summed E-state index contributed by atoms with van der Waals surface area (Å²) in [6, 6.07) is 22.7. The van der Waals surface area contributed by atoms with Gasteiger partial charge in [-0.25, -0.2) is 0 Å². The highest BCUT2D eigenvalue weighted by Crippen LogP contribution is 2.52. The van der Waals surface area contributed by atoms with Gasteiger partial charge in [0, 0.05) is 27.7 Å². The molecule has 0 aromatic heterocycles. The van der Waals surface area contributed by atoms with Crippen molar-refractivity contribution in [1.29, 1.82) is 0 Å². The summed E-state index contributed by atoms with van der Waals surface area (Å²) in [7, 11) is 0. The van der Waals surface area contributed by atoms with Crippen molar-refractivity contribution in [2.75, 3.05) is 0 Å². The summed E-state index contributed by atoms with van der Waals surface area (Å²) in [4.78, 5) is 2.76. The Morgan fingerprint density at radius 1 is 0.861 bits per heavy atom. The van der Waals surface area contributed by atoms with Crippen LogP contribution < -0.4 is 0 Å². The van der Waals surface area contributed by atoms with Crippen molar-refractivity contribution in [1.82, 2.24) is 0 Å². The van der Waals surface area contributed by atoms with Crippen molar-refractivity contribution in [3.63, 3.8) is 0 Å². The monoisotopic (exact) mass is 474 g/mol. The molecule has 4 aromatic rings. The molecule has 0 bridgehead atoms. The topological polar surface area (TPSA) is 0 Å². The van der Waals surface area contributed by atoms with Crippen molar-refractivity contribution in [3.8, 4) is 23.0 Å². The molecule has 0 amide bonds. The highest BCUT2D eigenvalue weighted by molar-refractivity contribution is 8.03. The number of rotatable bonds is 1. The predicted molar refractivity (Wildman–Crippen MR) is 155 cm³/mol. The zero-order valence-electron chi connectivity index (χ0n) is 19.7. The number of hydrogen-bond acceptors (Lipinski definition) is 1. The fraction of sp³-hybridized carbons (Fsp3) is 0.0857. The number of fused-ring (bicyclic) bond motifs is 6. The third-order valence-electron chi connectivity index (χ3n) is 7.78. The molecule has 0 nitrogen and oxygen atoms in total. The average molecular weight is 475 g/mol. The molecule has 4 aliphatic rings. The fourth-order valence-electron chi connectivity index (χ4n) is 6.15. The summed E-state index contributed by atoms with van der Waals surface area (Å²) >= 11 is 1.92. The van der Waals surface area contributed by atoms with Gasteiger partial charge in [0.1, 0.15) is 0 Å². The van der Waals surface area contributed by atoms with Gasteiger partial charge in [0.2, 0.25) is 0 Å². The van der Waals surface area contributed by atoms with E-state index in [4.69, 9.17) is 0 Å². The van der Waals surface area contributed by atoms with E-state index in [2.05, 4.69) is 115 Å². The van der Waals surface area contributed by atoms with Gasteiger partial charge in [0.05, 0.1) is 0 Å². The molecule has 0 fully saturated rings. The first-order chi connectivity index (χ1) is 17.8. The maximum Gasteiger partial charge on any atom is 0.0396 e. The van der Waals surface area contributed by atoms with E-state index in [1.165, 1.54) is 64.7 Å². The maximum absolute atomic E-state index is 3.48. The Labute approximate surface area is 215 Å². The number of allylic oxidation sites excluding steroid dienone is 8. The van der Waals surface area contributed by atoms with E-state index < -0.39 is 0 Å². The number of hydrogen-bond donors (Lipinski definition) is 0. The first kappa shape index (κ1) is 20.2. The Morgan fingerprint density at radius 3 is 2.83 bits per heavy atom. The molecule has 3 aliphatic carbocycles. The van der Waals surface area contributed by atoms with Gasteiger partial charge in [-0.2, -0.15) is 0 Å². The Hall–Kier alpha value is -3.99. The Bertz CT molecular complexity index is 1860. The van der Waals surface area contributed by atoms with Gasteiger partial charge < -0.3 is 0 Å². The third kappa shape index (κ3) is 2.92. The summed E-state index contributed by atoms with van der Waals surface area (Å²) in [6.45, 7) is 0. The summed E-state index contributed by atoms with van der Waals surface area (Å²) in [6.07, 6.45) is 17.8. The van der Waals surface area contributed by atoms with Crippen LogP contribution in [-0.2, 0) is 0 Å². The first-order valence-electron chi connectivity index (χ1n) is 12.6. The second-order valence-corrected chi connectivity index (χ2v) is 10.9. The molecule has 0 N–H and O–H groups in total. The molecule has 0 saturated heterocycles. The molecule has 4 aromatic carbocycles. The van der Waals surface area contributed by atoms with Crippen LogP contribution in [0.2, 0.25) is 0 Å². The van der Waals surface area contributed by atoms with E-state index >= 15 is 0 Å². The van der Waals surface area contributed by atoms with Crippen LogP contribution in [0.1, 0.15) is 29.5 Å². The van der Waals surface area contributed by atoms with Crippen LogP contribution in [0.4, 0.5) is 0 Å². The molecule has 0 spiro atoms.